The molecule has 27 heavy (non-hydrogen) atoms. The smallest absolute Gasteiger partial charge is 0.273 e. The molecule has 0 aliphatic carbocycles. The molecule has 1 aliphatic heterocycles. The maximum absolute atomic E-state index is 12.2. The minimum absolute atomic E-state index is 0.0591. The van der Waals surface area contributed by atoms with Crippen LogP contribution in [0.2, 0.25) is 10.0 Å². The molecule has 2 amide bonds. The van der Waals surface area contributed by atoms with Crippen LogP contribution in [0.25, 0.3) is 0 Å². The standard InChI is InChI=1S/C18H16Cl2N2O5/c19-11-6-7-14(13(20)9-11)25-8-2-5-16(23)21-22-18(24)12-3-1-4-15-17(12)27-10-26-15/h1,3-4,6-7,9H,2,5,8,10H2,(H,21,23)(H,22,24). The summed E-state index contributed by atoms with van der Waals surface area (Å²) in [6.45, 7) is 0.351. The van der Waals surface area contributed by atoms with Gasteiger partial charge in [0.1, 0.15) is 5.75 Å². The summed E-state index contributed by atoms with van der Waals surface area (Å²) in [5, 5.41) is 0.921. The molecule has 0 saturated heterocycles. The number of ether oxygens (including phenoxy) is 3. The molecule has 0 radical (unpaired) electrons. The second-order valence-electron chi connectivity index (χ2n) is 5.57. The number of para-hydroxylation sites is 1. The Morgan fingerprint density at radius 2 is 1.96 bits per heavy atom. The Kier molecular flexibility index (Phi) is 6.26. The number of amides is 2. The average molecular weight is 411 g/mol. The number of benzene rings is 2. The van der Waals surface area contributed by atoms with E-state index in [0.29, 0.717) is 40.3 Å². The third-order valence-electron chi connectivity index (χ3n) is 3.66. The topological polar surface area (TPSA) is 85.9 Å². The van der Waals surface area contributed by atoms with Crippen molar-refractivity contribution in [1.82, 2.24) is 10.9 Å². The van der Waals surface area contributed by atoms with Gasteiger partial charge in [-0.2, -0.15) is 0 Å². The zero-order valence-electron chi connectivity index (χ0n) is 14.1. The van der Waals surface area contributed by atoms with Crippen LogP contribution in [-0.2, 0) is 4.79 Å². The normalized spacial score (nSPS) is 11.8. The molecule has 9 heteroatoms. The number of halogens is 2. The number of carbonyl (C=O) groups is 2. The zero-order chi connectivity index (χ0) is 19.2. The molecule has 0 aromatic heterocycles. The fourth-order valence-electron chi connectivity index (χ4n) is 2.37. The van der Waals surface area contributed by atoms with Crippen LogP contribution in [0.4, 0.5) is 0 Å². The van der Waals surface area contributed by atoms with E-state index < -0.39 is 5.91 Å². The van der Waals surface area contributed by atoms with Crippen molar-refractivity contribution in [1.29, 1.82) is 0 Å². The van der Waals surface area contributed by atoms with Crippen molar-refractivity contribution in [3.63, 3.8) is 0 Å². The summed E-state index contributed by atoms with van der Waals surface area (Å²) >= 11 is 11.8. The summed E-state index contributed by atoms with van der Waals surface area (Å²) in [6, 6.07) is 9.86. The largest absolute Gasteiger partial charge is 0.492 e. The highest BCUT2D eigenvalue weighted by Crippen LogP contribution is 2.35. The third-order valence-corrected chi connectivity index (χ3v) is 4.19. The van der Waals surface area contributed by atoms with Crippen LogP contribution >= 0.6 is 23.2 Å². The molecule has 0 atom stereocenters. The zero-order valence-corrected chi connectivity index (χ0v) is 15.6. The quantitative estimate of drug-likeness (QED) is 0.563. The van der Waals surface area contributed by atoms with Gasteiger partial charge < -0.3 is 14.2 Å². The first-order valence-corrected chi connectivity index (χ1v) is 8.86. The highest BCUT2D eigenvalue weighted by molar-refractivity contribution is 6.35. The summed E-state index contributed by atoms with van der Waals surface area (Å²) < 4.78 is 16.0. The highest BCUT2D eigenvalue weighted by Gasteiger charge is 2.21. The summed E-state index contributed by atoms with van der Waals surface area (Å²) in [4.78, 5) is 24.0. The van der Waals surface area contributed by atoms with Gasteiger partial charge in [-0.1, -0.05) is 29.3 Å². The van der Waals surface area contributed by atoms with Gasteiger partial charge in [0.25, 0.3) is 5.91 Å². The van der Waals surface area contributed by atoms with E-state index in [0.717, 1.165) is 0 Å². The van der Waals surface area contributed by atoms with Crippen molar-refractivity contribution in [3.05, 3.63) is 52.0 Å². The van der Waals surface area contributed by atoms with E-state index in [4.69, 9.17) is 37.4 Å². The Morgan fingerprint density at radius 1 is 1.11 bits per heavy atom. The molecule has 0 fully saturated rings. The van der Waals surface area contributed by atoms with Gasteiger partial charge in [0.15, 0.2) is 11.5 Å². The molecule has 1 aliphatic rings. The molecular weight excluding hydrogens is 395 g/mol. The van der Waals surface area contributed by atoms with E-state index in [2.05, 4.69) is 10.9 Å². The molecule has 2 aromatic rings. The van der Waals surface area contributed by atoms with Gasteiger partial charge in [-0.15, -0.1) is 0 Å². The van der Waals surface area contributed by atoms with Crippen molar-refractivity contribution in [2.45, 2.75) is 12.8 Å². The van der Waals surface area contributed by atoms with E-state index in [9.17, 15) is 9.59 Å². The average Bonchev–Trinajstić information content (AvgIpc) is 3.13. The molecular formula is C18H16Cl2N2O5. The molecule has 2 N–H and O–H groups in total. The minimum atomic E-state index is -0.491. The van der Waals surface area contributed by atoms with Gasteiger partial charge >= 0.3 is 0 Å². The molecule has 0 saturated carbocycles. The fraction of sp³-hybridized carbons (Fsp3) is 0.222. The first-order chi connectivity index (χ1) is 13.0. The van der Waals surface area contributed by atoms with E-state index in [1.807, 2.05) is 0 Å². The van der Waals surface area contributed by atoms with Crippen molar-refractivity contribution < 1.29 is 23.8 Å². The van der Waals surface area contributed by atoms with Crippen LogP contribution in [0.1, 0.15) is 23.2 Å². The van der Waals surface area contributed by atoms with Crippen molar-refractivity contribution in [3.8, 4) is 17.2 Å². The van der Waals surface area contributed by atoms with Gasteiger partial charge in [0.2, 0.25) is 12.7 Å². The molecule has 7 nitrogen and oxygen atoms in total. The molecule has 1 heterocycles. The Balaban J connectivity index is 1.40. The third kappa shape index (κ3) is 4.96. The maximum Gasteiger partial charge on any atom is 0.273 e. The molecule has 142 valence electrons. The van der Waals surface area contributed by atoms with Crippen LogP contribution in [0.15, 0.2) is 36.4 Å². The van der Waals surface area contributed by atoms with Crippen LogP contribution in [0, 0.1) is 0 Å². The van der Waals surface area contributed by atoms with Gasteiger partial charge in [-0.05, 0) is 36.8 Å². The maximum atomic E-state index is 12.2. The van der Waals surface area contributed by atoms with E-state index in [-0.39, 0.29) is 24.7 Å². The molecule has 3 rings (SSSR count). The van der Waals surface area contributed by atoms with E-state index in [1.165, 1.54) is 0 Å². The van der Waals surface area contributed by atoms with Crippen LogP contribution in [0.3, 0.4) is 0 Å². The fourth-order valence-corrected chi connectivity index (χ4v) is 2.84. The first-order valence-electron chi connectivity index (χ1n) is 8.10. The first kappa shape index (κ1) is 19.1. The second-order valence-corrected chi connectivity index (χ2v) is 6.41. The Morgan fingerprint density at radius 3 is 2.78 bits per heavy atom. The lowest BCUT2D eigenvalue weighted by molar-refractivity contribution is -0.122. The number of carbonyl (C=O) groups excluding carboxylic acids is 2. The number of hydrogen-bond donors (Lipinski definition) is 2. The Labute approximate surface area is 165 Å². The lowest BCUT2D eigenvalue weighted by Crippen LogP contribution is -2.41. The summed E-state index contributed by atoms with van der Waals surface area (Å²) in [6.07, 6.45) is 0.607. The van der Waals surface area contributed by atoms with Crippen molar-refractivity contribution >= 4 is 35.0 Å². The summed E-state index contributed by atoms with van der Waals surface area (Å²) in [7, 11) is 0. The molecule has 0 spiro atoms. The molecule has 0 bridgehead atoms. The van der Waals surface area contributed by atoms with E-state index in [1.54, 1.807) is 36.4 Å². The number of hydrazine groups is 1. The predicted octanol–water partition coefficient (Wildman–Crippen LogP) is 3.34. The minimum Gasteiger partial charge on any atom is -0.492 e. The predicted molar refractivity (Wildman–Crippen MR) is 99.4 cm³/mol. The summed E-state index contributed by atoms with van der Waals surface area (Å²) in [5.41, 5.74) is 4.99. The van der Waals surface area contributed by atoms with Gasteiger partial charge in [0.05, 0.1) is 17.2 Å². The van der Waals surface area contributed by atoms with Crippen molar-refractivity contribution in [2.24, 2.45) is 0 Å². The number of fused-ring (bicyclic) bond motifs is 1. The Hall–Kier alpha value is -2.64. The number of nitrogens with one attached hydrogen (secondary N) is 2. The van der Waals surface area contributed by atoms with Gasteiger partial charge in [-0.3, -0.25) is 20.4 Å². The summed E-state index contributed by atoms with van der Waals surface area (Å²) in [5.74, 6) is 0.508. The van der Waals surface area contributed by atoms with Gasteiger partial charge in [0, 0.05) is 11.4 Å². The lowest BCUT2D eigenvalue weighted by atomic mass is 10.2. The lowest BCUT2D eigenvalue weighted by Gasteiger charge is -2.10. The molecule has 2 aromatic carbocycles. The van der Waals surface area contributed by atoms with Crippen LogP contribution in [-0.4, -0.2) is 25.2 Å². The molecule has 0 unspecified atom stereocenters. The highest BCUT2D eigenvalue weighted by atomic mass is 35.5. The van der Waals surface area contributed by atoms with Crippen LogP contribution in [0.5, 0.6) is 17.2 Å². The van der Waals surface area contributed by atoms with E-state index >= 15 is 0 Å². The van der Waals surface area contributed by atoms with Crippen LogP contribution < -0.4 is 25.1 Å². The monoisotopic (exact) mass is 410 g/mol. The SMILES string of the molecule is O=C(CCCOc1ccc(Cl)cc1Cl)NNC(=O)c1cccc2c1OCO2. The number of hydrogen-bond acceptors (Lipinski definition) is 5. The van der Waals surface area contributed by atoms with Gasteiger partial charge in [-0.25, -0.2) is 0 Å². The Bertz CT molecular complexity index is 860. The second kappa shape index (κ2) is 8.83. The van der Waals surface area contributed by atoms with Crippen molar-refractivity contribution in [2.75, 3.05) is 13.4 Å². The number of rotatable bonds is 6.